The first-order chi connectivity index (χ1) is 6.79. The lowest BCUT2D eigenvalue weighted by molar-refractivity contribution is 0.226. The largest absolute Gasteiger partial charge is 0.369 e. The van der Waals surface area contributed by atoms with Crippen molar-refractivity contribution in [3.63, 3.8) is 0 Å². The van der Waals surface area contributed by atoms with Crippen molar-refractivity contribution in [1.82, 2.24) is 10.3 Å². The molecular weight excluding hydrogens is 178 g/mol. The lowest BCUT2D eigenvalue weighted by Crippen LogP contribution is -2.32. The lowest BCUT2D eigenvalue weighted by Gasteiger charge is -2.26. The second kappa shape index (κ2) is 6.48. The van der Waals surface area contributed by atoms with Crippen molar-refractivity contribution in [3.05, 3.63) is 0 Å². The molecule has 0 unspecified atom stereocenters. The van der Waals surface area contributed by atoms with E-state index < -0.39 is 0 Å². The minimum atomic E-state index is 0.1000. The number of nitrogens with two attached hydrogens (primary N) is 2. The molecular formula is C9H21N5. The van der Waals surface area contributed by atoms with Gasteiger partial charge in [0.1, 0.15) is 0 Å². The van der Waals surface area contributed by atoms with Crippen LogP contribution in [0.1, 0.15) is 25.7 Å². The second-order valence-electron chi connectivity index (χ2n) is 3.70. The van der Waals surface area contributed by atoms with Crippen molar-refractivity contribution in [2.24, 2.45) is 16.6 Å². The highest BCUT2D eigenvalue weighted by Crippen LogP contribution is 2.08. The van der Waals surface area contributed by atoms with E-state index in [1.165, 1.54) is 32.4 Å². The summed E-state index contributed by atoms with van der Waals surface area (Å²) in [7, 11) is 0. The molecule has 5 N–H and O–H groups in total. The number of guanidine groups is 1. The van der Waals surface area contributed by atoms with Crippen LogP contribution in [0, 0.1) is 0 Å². The van der Waals surface area contributed by atoms with Gasteiger partial charge in [0, 0.05) is 6.54 Å². The van der Waals surface area contributed by atoms with Gasteiger partial charge in [0.05, 0.1) is 0 Å². The van der Waals surface area contributed by atoms with Gasteiger partial charge in [0.15, 0.2) is 0 Å². The Morgan fingerprint density at radius 1 is 1.21 bits per heavy atom. The molecule has 0 bridgehead atoms. The molecule has 0 aromatic rings. The van der Waals surface area contributed by atoms with E-state index in [1.54, 1.807) is 0 Å². The van der Waals surface area contributed by atoms with Crippen molar-refractivity contribution in [2.45, 2.75) is 25.7 Å². The number of hydrogen-bond donors (Lipinski definition) is 3. The van der Waals surface area contributed by atoms with Crippen LogP contribution in [-0.4, -0.2) is 37.0 Å². The first kappa shape index (κ1) is 11.1. The lowest BCUT2D eigenvalue weighted by atomic mass is 10.1. The van der Waals surface area contributed by atoms with Crippen LogP contribution < -0.4 is 16.9 Å². The quantitative estimate of drug-likeness (QED) is 0.244. The van der Waals surface area contributed by atoms with Gasteiger partial charge in [-0.05, 0) is 38.9 Å². The third kappa shape index (κ3) is 4.91. The zero-order valence-corrected chi connectivity index (χ0v) is 8.71. The van der Waals surface area contributed by atoms with Crippen molar-refractivity contribution in [2.75, 3.05) is 26.2 Å². The third-order valence-electron chi connectivity index (χ3n) is 2.42. The first-order valence-electron chi connectivity index (χ1n) is 5.33. The molecule has 0 aromatic heterocycles. The molecule has 1 heterocycles. The molecule has 0 spiro atoms. The maximum absolute atomic E-state index is 5.17. The van der Waals surface area contributed by atoms with Gasteiger partial charge < -0.3 is 21.8 Å². The summed E-state index contributed by atoms with van der Waals surface area (Å²) in [5.74, 6) is 0.1000. The Hall–Kier alpha value is -0.970. The van der Waals surface area contributed by atoms with Gasteiger partial charge in [0.2, 0.25) is 5.96 Å². The molecule has 82 valence electrons. The molecule has 0 amide bonds. The highest BCUT2D eigenvalue weighted by atomic mass is 15.3. The van der Waals surface area contributed by atoms with Gasteiger partial charge in [-0.3, -0.25) is 0 Å². The summed E-state index contributed by atoms with van der Waals surface area (Å²) in [4.78, 5) is 2.50. The van der Waals surface area contributed by atoms with Crippen molar-refractivity contribution >= 4 is 5.96 Å². The molecule has 5 heteroatoms. The summed E-state index contributed by atoms with van der Waals surface area (Å²) in [5, 5.41) is 3.71. The predicted molar refractivity (Wildman–Crippen MR) is 58.7 cm³/mol. The Labute approximate surface area is 85.5 Å². The number of nitrogens with zero attached hydrogens (tertiary/aromatic N) is 2. The van der Waals surface area contributed by atoms with E-state index in [0.29, 0.717) is 0 Å². The standard InChI is InChI=1S/C9H21N5/c10-9(11)13-12-5-4-8-14-6-2-1-3-7-14/h12H,1-8H2,(H4,10,11,13). The van der Waals surface area contributed by atoms with Crippen molar-refractivity contribution in [3.8, 4) is 0 Å². The van der Waals surface area contributed by atoms with Crippen LogP contribution in [0.4, 0.5) is 0 Å². The summed E-state index contributed by atoms with van der Waals surface area (Å²) in [5.41, 5.74) is 13.2. The monoisotopic (exact) mass is 199 g/mol. The number of piperidine rings is 1. The van der Waals surface area contributed by atoms with Crippen LogP contribution in [-0.2, 0) is 0 Å². The van der Waals surface area contributed by atoms with Gasteiger partial charge >= 0.3 is 0 Å². The molecule has 14 heavy (non-hydrogen) atoms. The molecule has 1 saturated heterocycles. The molecule has 0 aromatic carbocycles. The van der Waals surface area contributed by atoms with Crippen LogP contribution in [0.25, 0.3) is 0 Å². The zero-order valence-electron chi connectivity index (χ0n) is 8.71. The number of hydrogen-bond acceptors (Lipinski definition) is 3. The molecule has 5 nitrogen and oxygen atoms in total. The summed E-state index contributed by atoms with van der Waals surface area (Å²) in [6, 6.07) is 0. The van der Waals surface area contributed by atoms with Crippen LogP contribution in [0.15, 0.2) is 5.10 Å². The molecule has 0 atom stereocenters. The topological polar surface area (TPSA) is 79.7 Å². The normalized spacial score (nSPS) is 17.7. The highest BCUT2D eigenvalue weighted by Gasteiger charge is 2.08. The van der Waals surface area contributed by atoms with E-state index >= 15 is 0 Å². The number of hydrazone groups is 1. The van der Waals surface area contributed by atoms with Gasteiger partial charge in [-0.15, -0.1) is 5.10 Å². The fraction of sp³-hybridized carbons (Fsp3) is 0.889. The maximum atomic E-state index is 5.17. The van der Waals surface area contributed by atoms with Crippen molar-refractivity contribution < 1.29 is 0 Å². The van der Waals surface area contributed by atoms with Gasteiger partial charge in [-0.1, -0.05) is 6.42 Å². The van der Waals surface area contributed by atoms with Crippen molar-refractivity contribution in [1.29, 1.82) is 0 Å². The van der Waals surface area contributed by atoms with Gasteiger partial charge in [-0.25, -0.2) is 0 Å². The second-order valence-corrected chi connectivity index (χ2v) is 3.70. The number of rotatable bonds is 5. The van der Waals surface area contributed by atoms with Crippen LogP contribution in [0.2, 0.25) is 0 Å². The summed E-state index contributed by atoms with van der Waals surface area (Å²) in [6.45, 7) is 4.49. The predicted octanol–water partition coefficient (Wildman–Crippen LogP) is -0.360. The van der Waals surface area contributed by atoms with E-state index in [2.05, 4.69) is 15.4 Å². The third-order valence-corrected chi connectivity index (χ3v) is 2.42. The zero-order chi connectivity index (χ0) is 10.2. The Morgan fingerprint density at radius 2 is 1.93 bits per heavy atom. The van der Waals surface area contributed by atoms with Crippen LogP contribution in [0.3, 0.4) is 0 Å². The van der Waals surface area contributed by atoms with Crippen LogP contribution >= 0.6 is 0 Å². The Balaban J connectivity index is 1.95. The minimum Gasteiger partial charge on any atom is -0.369 e. The molecule has 1 aliphatic heterocycles. The van der Waals surface area contributed by atoms with Gasteiger partial charge in [-0.2, -0.15) is 0 Å². The molecule has 0 saturated carbocycles. The van der Waals surface area contributed by atoms with E-state index in [1.807, 2.05) is 0 Å². The molecule has 0 aliphatic carbocycles. The van der Waals surface area contributed by atoms with E-state index in [9.17, 15) is 0 Å². The smallest absolute Gasteiger partial charge is 0.208 e. The van der Waals surface area contributed by atoms with Gasteiger partial charge in [0.25, 0.3) is 0 Å². The fourth-order valence-electron chi connectivity index (χ4n) is 1.71. The molecule has 0 radical (unpaired) electrons. The minimum absolute atomic E-state index is 0.1000. The summed E-state index contributed by atoms with van der Waals surface area (Å²) in [6.07, 6.45) is 5.18. The highest BCUT2D eigenvalue weighted by molar-refractivity contribution is 5.75. The maximum Gasteiger partial charge on any atom is 0.208 e. The first-order valence-corrected chi connectivity index (χ1v) is 5.33. The summed E-state index contributed by atoms with van der Waals surface area (Å²) >= 11 is 0. The average Bonchev–Trinajstić information content (AvgIpc) is 2.18. The Bertz CT molecular complexity index is 170. The summed E-state index contributed by atoms with van der Waals surface area (Å²) < 4.78 is 0. The fourth-order valence-corrected chi connectivity index (χ4v) is 1.71. The van der Waals surface area contributed by atoms with E-state index in [0.717, 1.165) is 19.5 Å². The molecule has 1 aliphatic rings. The average molecular weight is 199 g/mol. The van der Waals surface area contributed by atoms with E-state index in [4.69, 9.17) is 11.5 Å². The Kier molecular flexibility index (Phi) is 5.14. The SMILES string of the molecule is NC(N)=NNCCCN1CCCCC1. The molecule has 1 fully saturated rings. The number of nitrogens with one attached hydrogen (secondary N) is 1. The van der Waals surface area contributed by atoms with E-state index in [-0.39, 0.29) is 5.96 Å². The van der Waals surface area contributed by atoms with Crippen LogP contribution in [0.5, 0.6) is 0 Å². The number of likely N-dealkylation sites (tertiary alicyclic amines) is 1. The Morgan fingerprint density at radius 3 is 2.57 bits per heavy atom. The molecule has 1 rings (SSSR count).